The molecule has 0 amide bonds. The molecule has 0 saturated heterocycles. The van der Waals surface area contributed by atoms with Crippen molar-refractivity contribution >= 4 is 28.4 Å². The first-order chi connectivity index (χ1) is 11.1. The summed E-state index contributed by atoms with van der Waals surface area (Å²) in [7, 11) is 0. The van der Waals surface area contributed by atoms with Crippen LogP contribution in [0.5, 0.6) is 5.88 Å². The normalized spacial score (nSPS) is 16.9. The van der Waals surface area contributed by atoms with Gasteiger partial charge in [0.25, 0.3) is 0 Å². The molecule has 0 radical (unpaired) electrons. The quantitative estimate of drug-likeness (QED) is 0.760. The largest absolute Gasteiger partial charge is 0.478 e. The number of nitrogens with zero attached hydrogens (tertiary/aromatic N) is 2. The molecular formula is C17H15N3O3. The van der Waals surface area contributed by atoms with Crippen LogP contribution in [0.3, 0.4) is 0 Å². The topological polar surface area (TPSA) is 78.5 Å². The third-order valence-electron chi connectivity index (χ3n) is 3.95. The van der Waals surface area contributed by atoms with Gasteiger partial charge in [0, 0.05) is 11.6 Å². The van der Waals surface area contributed by atoms with Crippen molar-refractivity contribution < 1.29 is 14.6 Å². The molecule has 0 saturated carbocycles. The van der Waals surface area contributed by atoms with E-state index < -0.39 is 5.97 Å². The van der Waals surface area contributed by atoms with Crippen LogP contribution < -0.4 is 9.64 Å². The van der Waals surface area contributed by atoms with E-state index in [1.54, 1.807) is 12.1 Å². The number of fused-ring (bicyclic) bond motifs is 2. The van der Waals surface area contributed by atoms with E-state index in [-0.39, 0.29) is 11.7 Å². The van der Waals surface area contributed by atoms with Gasteiger partial charge in [-0.15, -0.1) is 0 Å². The summed E-state index contributed by atoms with van der Waals surface area (Å²) in [6.07, 6.45) is 1.73. The number of nitrogens with one attached hydrogen (secondary N) is 1. The van der Waals surface area contributed by atoms with Gasteiger partial charge >= 0.3 is 5.97 Å². The number of ether oxygens (including phenoxy) is 1. The van der Waals surface area contributed by atoms with E-state index in [2.05, 4.69) is 9.97 Å². The average Bonchev–Trinajstić information content (AvgIpc) is 2.99. The molecular weight excluding hydrogens is 294 g/mol. The minimum Gasteiger partial charge on any atom is -0.478 e. The van der Waals surface area contributed by atoms with Crippen molar-refractivity contribution in [2.75, 3.05) is 11.4 Å². The predicted octanol–water partition coefficient (Wildman–Crippen LogP) is 3.18. The van der Waals surface area contributed by atoms with Crippen LogP contribution in [0.1, 0.15) is 17.3 Å². The first-order valence-electron chi connectivity index (χ1n) is 7.38. The first kappa shape index (κ1) is 13.6. The van der Waals surface area contributed by atoms with Gasteiger partial charge in [-0.3, -0.25) is 0 Å². The molecule has 0 spiro atoms. The van der Waals surface area contributed by atoms with Gasteiger partial charge in [-0.1, -0.05) is 12.1 Å². The lowest BCUT2D eigenvalue weighted by atomic mass is 10.1. The van der Waals surface area contributed by atoms with Gasteiger partial charge in [0.1, 0.15) is 17.4 Å². The Kier molecular flexibility index (Phi) is 2.97. The second-order valence-corrected chi connectivity index (χ2v) is 5.59. The summed E-state index contributed by atoms with van der Waals surface area (Å²) in [5.74, 6) is -0.434. The van der Waals surface area contributed by atoms with Crippen LogP contribution in [0.2, 0.25) is 0 Å². The zero-order chi connectivity index (χ0) is 16.0. The molecule has 6 nitrogen and oxygen atoms in total. The average molecular weight is 309 g/mol. The Balaban J connectivity index is 1.92. The molecule has 0 fully saturated rings. The number of carbonyl (C=O) groups is 1. The summed E-state index contributed by atoms with van der Waals surface area (Å²) in [6.45, 7) is 2.51. The zero-order valence-corrected chi connectivity index (χ0v) is 12.5. The molecule has 0 bridgehead atoms. The molecule has 2 aromatic heterocycles. The van der Waals surface area contributed by atoms with Crippen molar-refractivity contribution in [1.29, 1.82) is 0 Å². The maximum atomic E-state index is 11.6. The maximum absolute atomic E-state index is 11.6. The molecule has 0 aliphatic carbocycles. The van der Waals surface area contributed by atoms with E-state index in [9.17, 15) is 9.90 Å². The Morgan fingerprint density at radius 2 is 2.17 bits per heavy atom. The minimum absolute atomic E-state index is 0.0933. The predicted molar refractivity (Wildman–Crippen MR) is 86.6 cm³/mol. The fraction of sp³-hybridized carbons (Fsp3) is 0.176. The molecule has 2 N–H and O–H groups in total. The number of pyridine rings is 1. The Morgan fingerprint density at radius 3 is 3.00 bits per heavy atom. The zero-order valence-electron chi connectivity index (χ0n) is 12.5. The standard InChI is InChI=1S/C17H15N3O3/c1-10-9-20(13-5-3-2-4-12(13)17(21)22)14-8-11-6-7-18-15(11)19-16(14)23-10/h2-8,10H,9H2,1H3,(H,18,19)(H,21,22)/t10-/m1/s1. The highest BCUT2D eigenvalue weighted by molar-refractivity contribution is 5.96. The lowest BCUT2D eigenvalue weighted by Crippen LogP contribution is -2.36. The van der Waals surface area contributed by atoms with Crippen LogP contribution in [0.4, 0.5) is 11.4 Å². The highest BCUT2D eigenvalue weighted by Crippen LogP contribution is 2.39. The number of carboxylic acid groups (broad SMARTS) is 1. The maximum Gasteiger partial charge on any atom is 0.337 e. The number of H-pyrrole nitrogens is 1. The molecule has 3 heterocycles. The number of aromatic carboxylic acids is 1. The molecule has 23 heavy (non-hydrogen) atoms. The summed E-state index contributed by atoms with van der Waals surface area (Å²) in [4.78, 5) is 21.1. The Bertz CT molecular complexity index is 903. The number of hydrogen-bond donors (Lipinski definition) is 2. The number of carboxylic acids is 1. The Morgan fingerprint density at radius 1 is 1.35 bits per heavy atom. The smallest absolute Gasteiger partial charge is 0.337 e. The van der Waals surface area contributed by atoms with E-state index in [1.165, 1.54) is 0 Å². The van der Waals surface area contributed by atoms with Gasteiger partial charge in [-0.2, -0.15) is 4.98 Å². The highest BCUT2D eigenvalue weighted by atomic mass is 16.5. The van der Waals surface area contributed by atoms with Crippen LogP contribution in [-0.4, -0.2) is 33.7 Å². The van der Waals surface area contributed by atoms with Crippen LogP contribution in [-0.2, 0) is 0 Å². The molecule has 1 aliphatic heterocycles. The monoisotopic (exact) mass is 309 g/mol. The third-order valence-corrected chi connectivity index (χ3v) is 3.95. The number of aromatic amines is 1. The van der Waals surface area contributed by atoms with Gasteiger partial charge in [-0.25, -0.2) is 4.79 Å². The van der Waals surface area contributed by atoms with Crippen LogP contribution in [0, 0.1) is 0 Å². The molecule has 116 valence electrons. The summed E-state index contributed by atoms with van der Waals surface area (Å²) < 4.78 is 5.84. The van der Waals surface area contributed by atoms with Gasteiger partial charge in [-0.05, 0) is 31.2 Å². The number of hydrogen-bond acceptors (Lipinski definition) is 4. The van der Waals surface area contributed by atoms with Gasteiger partial charge in [0.2, 0.25) is 5.88 Å². The first-order valence-corrected chi connectivity index (χ1v) is 7.38. The SMILES string of the molecule is C[C@@H]1CN(c2ccccc2C(=O)O)c2cc3cc[nH]c3nc2O1. The second kappa shape index (κ2) is 5.01. The van der Waals surface area contributed by atoms with Crippen molar-refractivity contribution in [2.45, 2.75) is 13.0 Å². The number of aromatic nitrogens is 2. The van der Waals surface area contributed by atoms with E-state index in [0.29, 0.717) is 18.1 Å². The number of anilines is 2. The Labute approximate surface area is 132 Å². The highest BCUT2D eigenvalue weighted by Gasteiger charge is 2.28. The fourth-order valence-corrected chi connectivity index (χ4v) is 2.94. The molecule has 6 heteroatoms. The van der Waals surface area contributed by atoms with E-state index in [4.69, 9.17) is 4.74 Å². The van der Waals surface area contributed by atoms with E-state index in [0.717, 1.165) is 16.7 Å². The number of para-hydroxylation sites is 1. The van der Waals surface area contributed by atoms with E-state index >= 15 is 0 Å². The van der Waals surface area contributed by atoms with E-state index in [1.807, 2.05) is 42.3 Å². The van der Waals surface area contributed by atoms with Crippen LogP contribution >= 0.6 is 0 Å². The van der Waals surface area contributed by atoms with Gasteiger partial charge in [0.15, 0.2) is 0 Å². The van der Waals surface area contributed by atoms with Crippen molar-refractivity contribution in [3.63, 3.8) is 0 Å². The van der Waals surface area contributed by atoms with Gasteiger partial charge < -0.3 is 19.7 Å². The number of rotatable bonds is 2. The molecule has 1 atom stereocenters. The number of benzene rings is 1. The molecule has 3 aromatic rings. The lowest BCUT2D eigenvalue weighted by Gasteiger charge is -2.34. The van der Waals surface area contributed by atoms with Crippen LogP contribution in [0.15, 0.2) is 42.6 Å². The lowest BCUT2D eigenvalue weighted by molar-refractivity contribution is 0.0697. The van der Waals surface area contributed by atoms with Crippen molar-refractivity contribution in [3.05, 3.63) is 48.2 Å². The minimum atomic E-state index is -0.947. The summed E-state index contributed by atoms with van der Waals surface area (Å²) in [6, 6.07) is 10.9. The van der Waals surface area contributed by atoms with Crippen molar-refractivity contribution in [1.82, 2.24) is 9.97 Å². The fourth-order valence-electron chi connectivity index (χ4n) is 2.94. The Hall–Kier alpha value is -3.02. The summed E-state index contributed by atoms with van der Waals surface area (Å²) in [5, 5.41) is 10.4. The summed E-state index contributed by atoms with van der Waals surface area (Å²) >= 11 is 0. The van der Waals surface area contributed by atoms with Crippen molar-refractivity contribution in [3.8, 4) is 5.88 Å². The molecule has 1 aromatic carbocycles. The van der Waals surface area contributed by atoms with Crippen molar-refractivity contribution in [2.24, 2.45) is 0 Å². The molecule has 0 unspecified atom stereocenters. The third kappa shape index (κ3) is 2.19. The van der Waals surface area contributed by atoms with Gasteiger partial charge in [0.05, 0.1) is 17.8 Å². The summed E-state index contributed by atoms with van der Waals surface area (Å²) in [5.41, 5.74) is 2.45. The van der Waals surface area contributed by atoms with Crippen LogP contribution in [0.25, 0.3) is 11.0 Å². The molecule has 1 aliphatic rings. The second-order valence-electron chi connectivity index (χ2n) is 5.59. The molecule has 4 rings (SSSR count).